The van der Waals surface area contributed by atoms with Crippen LogP contribution in [-0.4, -0.2) is 35.2 Å². The molecule has 0 aliphatic carbocycles. The zero-order valence-electron chi connectivity index (χ0n) is 20.9. The normalized spacial score (nSPS) is 18.3. The number of rotatable bonds is 7. The van der Waals surface area contributed by atoms with Gasteiger partial charge in [0.15, 0.2) is 0 Å². The lowest BCUT2D eigenvalue weighted by Gasteiger charge is -2.28. The average Bonchev–Trinajstić information content (AvgIpc) is 3.24. The number of carbonyl (C=O) groups is 2. The molecular weight excluding hydrogens is 432 g/mol. The Morgan fingerprint density at radius 2 is 1.85 bits per heavy atom. The van der Waals surface area contributed by atoms with E-state index in [1.54, 1.807) is 7.11 Å². The Morgan fingerprint density at radius 3 is 2.47 bits per heavy atom. The summed E-state index contributed by atoms with van der Waals surface area (Å²) in [5, 5.41) is 9.95. The number of hydrogen-bond acceptors (Lipinski definition) is 5. The molecule has 7 heteroatoms. The molecule has 2 aromatic carbocycles. The molecule has 0 saturated carbocycles. The van der Waals surface area contributed by atoms with Crippen LogP contribution in [0.4, 0.5) is 4.79 Å². The van der Waals surface area contributed by atoms with E-state index in [2.05, 4.69) is 40.1 Å². The van der Waals surface area contributed by atoms with Gasteiger partial charge in [-0.05, 0) is 46.9 Å². The highest BCUT2D eigenvalue weighted by atomic mass is 16.7. The maximum atomic E-state index is 12.9. The molecule has 1 aliphatic heterocycles. The molecule has 1 saturated heterocycles. The van der Waals surface area contributed by atoms with E-state index in [1.807, 2.05) is 42.5 Å². The van der Waals surface area contributed by atoms with Gasteiger partial charge < -0.3 is 14.7 Å². The minimum absolute atomic E-state index is 0.0369. The fourth-order valence-electron chi connectivity index (χ4n) is 4.59. The van der Waals surface area contributed by atoms with Crippen molar-refractivity contribution >= 4 is 12.1 Å². The molecule has 1 aliphatic rings. The lowest BCUT2D eigenvalue weighted by Crippen LogP contribution is -2.43. The van der Waals surface area contributed by atoms with E-state index >= 15 is 0 Å². The lowest BCUT2D eigenvalue weighted by molar-refractivity contribution is -0.156. The molecule has 184 valence electrons. The summed E-state index contributed by atoms with van der Waals surface area (Å²) >= 11 is 0. The summed E-state index contributed by atoms with van der Waals surface area (Å²) in [6.45, 7) is 10.8. The Kier molecular flexibility index (Phi) is 7.87. The first-order valence-electron chi connectivity index (χ1n) is 11.8. The molecule has 0 aromatic heterocycles. The minimum atomic E-state index is -1.12. The summed E-state index contributed by atoms with van der Waals surface area (Å²) in [5.74, 6) is 0.339. The highest BCUT2D eigenvalue weighted by Gasteiger charge is 2.43. The van der Waals surface area contributed by atoms with E-state index in [0.717, 1.165) is 22.3 Å². The molecule has 1 amide bonds. The van der Waals surface area contributed by atoms with Gasteiger partial charge in [0, 0.05) is 5.56 Å². The number of amides is 1. The third-order valence-corrected chi connectivity index (χ3v) is 6.44. The number of benzene rings is 2. The number of ether oxygens (including phenoxy) is 1. The Labute approximate surface area is 202 Å². The molecule has 2 aromatic rings. The van der Waals surface area contributed by atoms with E-state index in [1.165, 1.54) is 4.90 Å². The fraction of sp³-hybridized carbons (Fsp3) is 0.481. The van der Waals surface area contributed by atoms with Crippen molar-refractivity contribution < 1.29 is 24.3 Å². The van der Waals surface area contributed by atoms with Crippen LogP contribution in [0.1, 0.15) is 81.7 Å². The lowest BCUT2D eigenvalue weighted by atomic mass is 9.86. The van der Waals surface area contributed by atoms with Crippen LogP contribution in [-0.2, 0) is 21.6 Å². The summed E-state index contributed by atoms with van der Waals surface area (Å²) < 4.78 is 5.45. The number of carbonyl (C=O) groups excluding carboxylic acids is 1. The van der Waals surface area contributed by atoms with Gasteiger partial charge in [-0.2, -0.15) is 0 Å². The monoisotopic (exact) mass is 468 g/mol. The largest absolute Gasteiger partial charge is 0.496 e. The van der Waals surface area contributed by atoms with Crippen LogP contribution >= 0.6 is 0 Å². The fourth-order valence-corrected chi connectivity index (χ4v) is 4.59. The molecular formula is C27H36N2O5. The maximum absolute atomic E-state index is 12.9. The third-order valence-electron chi connectivity index (χ3n) is 6.44. The van der Waals surface area contributed by atoms with E-state index in [0.29, 0.717) is 18.6 Å². The highest BCUT2D eigenvalue weighted by molar-refractivity contribution is 5.81. The van der Waals surface area contributed by atoms with Gasteiger partial charge in [-0.25, -0.2) is 9.59 Å². The molecule has 1 fully saturated rings. The quantitative estimate of drug-likeness (QED) is 0.518. The van der Waals surface area contributed by atoms with Crippen molar-refractivity contribution in [1.82, 2.24) is 10.4 Å². The zero-order valence-corrected chi connectivity index (χ0v) is 20.9. The topological polar surface area (TPSA) is 88.1 Å². The van der Waals surface area contributed by atoms with Gasteiger partial charge in [-0.3, -0.25) is 4.90 Å². The minimum Gasteiger partial charge on any atom is -0.496 e. The van der Waals surface area contributed by atoms with Crippen LogP contribution in [0.2, 0.25) is 0 Å². The van der Waals surface area contributed by atoms with Crippen molar-refractivity contribution in [3.63, 3.8) is 0 Å². The second-order valence-electron chi connectivity index (χ2n) is 10.1. The molecule has 1 heterocycles. The van der Waals surface area contributed by atoms with E-state index in [-0.39, 0.29) is 23.9 Å². The van der Waals surface area contributed by atoms with Crippen LogP contribution in [0, 0.1) is 0 Å². The summed E-state index contributed by atoms with van der Waals surface area (Å²) in [7, 11) is 1.60. The van der Waals surface area contributed by atoms with Crippen LogP contribution in [0.5, 0.6) is 5.75 Å². The Bertz CT molecular complexity index is 1030. The third kappa shape index (κ3) is 5.53. The Morgan fingerprint density at radius 1 is 1.15 bits per heavy atom. The number of hydroxylamine groups is 1. The number of nitrogens with zero attached hydrogens (tertiary/aromatic N) is 1. The summed E-state index contributed by atoms with van der Waals surface area (Å²) in [6.07, 6.45) is -0.146. The molecule has 2 atom stereocenters. The van der Waals surface area contributed by atoms with Crippen LogP contribution < -0.4 is 10.2 Å². The van der Waals surface area contributed by atoms with Crippen molar-refractivity contribution in [2.75, 3.05) is 7.11 Å². The highest BCUT2D eigenvalue weighted by Crippen LogP contribution is 2.39. The van der Waals surface area contributed by atoms with Crippen molar-refractivity contribution in [3.8, 4) is 5.75 Å². The summed E-state index contributed by atoms with van der Waals surface area (Å²) in [4.78, 5) is 31.7. The maximum Gasteiger partial charge on any atom is 0.408 e. The number of hydrogen-bond donors (Lipinski definition) is 2. The average molecular weight is 469 g/mol. The second kappa shape index (κ2) is 10.5. The zero-order chi connectivity index (χ0) is 25.0. The summed E-state index contributed by atoms with van der Waals surface area (Å²) in [5.41, 5.74) is 6.72. The van der Waals surface area contributed by atoms with E-state index in [9.17, 15) is 14.7 Å². The number of likely N-dealkylation sites (tertiary alicyclic amines) is 1. The number of methoxy groups -OCH3 is 1. The van der Waals surface area contributed by atoms with Crippen molar-refractivity contribution in [1.29, 1.82) is 0 Å². The first-order valence-corrected chi connectivity index (χ1v) is 11.8. The molecule has 0 bridgehead atoms. The van der Waals surface area contributed by atoms with Gasteiger partial charge in [0.25, 0.3) is 0 Å². The predicted molar refractivity (Wildman–Crippen MR) is 131 cm³/mol. The van der Waals surface area contributed by atoms with Crippen molar-refractivity contribution in [2.45, 2.75) is 77.4 Å². The number of carboxylic acid groups (broad SMARTS) is 1. The second-order valence-corrected chi connectivity index (χ2v) is 10.1. The van der Waals surface area contributed by atoms with Gasteiger partial charge in [0.1, 0.15) is 11.8 Å². The van der Waals surface area contributed by atoms with Gasteiger partial charge in [0.2, 0.25) is 0 Å². The predicted octanol–water partition coefficient (Wildman–Crippen LogP) is 5.55. The Balaban J connectivity index is 1.72. The molecule has 3 rings (SSSR count). The smallest absolute Gasteiger partial charge is 0.408 e. The molecule has 2 N–H and O–H groups in total. The van der Waals surface area contributed by atoms with E-state index < -0.39 is 18.1 Å². The van der Waals surface area contributed by atoms with E-state index in [4.69, 9.17) is 9.57 Å². The van der Waals surface area contributed by atoms with Gasteiger partial charge in [-0.1, -0.05) is 71.0 Å². The molecule has 0 radical (unpaired) electrons. The first-order chi connectivity index (χ1) is 16.0. The van der Waals surface area contributed by atoms with Gasteiger partial charge >= 0.3 is 12.1 Å². The SMILES string of the molecule is COc1ccc(C(C)(C)C)cc1CNOC(=O)C1CCC(c2ccccc2C(C)C)N1C(=O)O. The van der Waals surface area contributed by atoms with Gasteiger partial charge in [0.05, 0.1) is 19.7 Å². The first kappa shape index (κ1) is 25.6. The molecule has 34 heavy (non-hydrogen) atoms. The Hall–Kier alpha value is -3.06. The molecule has 7 nitrogen and oxygen atoms in total. The number of nitrogens with one attached hydrogen (secondary N) is 1. The summed E-state index contributed by atoms with van der Waals surface area (Å²) in [6, 6.07) is 12.5. The molecule has 2 unspecified atom stereocenters. The van der Waals surface area contributed by atoms with Crippen LogP contribution in [0.25, 0.3) is 0 Å². The van der Waals surface area contributed by atoms with Crippen molar-refractivity contribution in [2.24, 2.45) is 0 Å². The van der Waals surface area contributed by atoms with Gasteiger partial charge in [-0.15, -0.1) is 5.48 Å². The van der Waals surface area contributed by atoms with Crippen LogP contribution in [0.3, 0.4) is 0 Å². The molecule has 0 spiro atoms. The van der Waals surface area contributed by atoms with Crippen LogP contribution in [0.15, 0.2) is 42.5 Å². The van der Waals surface area contributed by atoms with Crippen molar-refractivity contribution in [3.05, 3.63) is 64.7 Å². The standard InChI is InChI=1S/C27H36N2O5/c1-17(2)20-9-7-8-10-21(20)22-12-13-23(29(22)26(31)32)25(30)34-28-16-18-15-19(27(3,4)5)11-14-24(18)33-6/h7-11,14-15,17,22-23,28H,12-13,16H2,1-6H3,(H,31,32).